The van der Waals surface area contributed by atoms with Gasteiger partial charge in [0.05, 0.1) is 7.11 Å². The first-order chi connectivity index (χ1) is 15.3. The Morgan fingerprint density at radius 1 is 0.774 bits per heavy atom. The molecular formula is C28H42N2O. The minimum atomic E-state index is 0.789. The third kappa shape index (κ3) is 8.27. The van der Waals surface area contributed by atoms with Crippen LogP contribution in [0.3, 0.4) is 0 Å². The molecule has 0 unspecified atom stereocenters. The van der Waals surface area contributed by atoms with Crippen LogP contribution >= 0.6 is 0 Å². The van der Waals surface area contributed by atoms with Crippen molar-refractivity contribution < 1.29 is 4.74 Å². The van der Waals surface area contributed by atoms with Gasteiger partial charge in [-0.1, -0.05) is 84.0 Å². The van der Waals surface area contributed by atoms with Gasteiger partial charge in [0.1, 0.15) is 5.75 Å². The second-order valence-corrected chi connectivity index (χ2v) is 9.48. The summed E-state index contributed by atoms with van der Waals surface area (Å²) in [6, 6.07) is 7.94. The van der Waals surface area contributed by atoms with Crippen LogP contribution in [-0.4, -0.2) is 17.1 Å². The summed E-state index contributed by atoms with van der Waals surface area (Å²) in [6.45, 7) is 2.30. The zero-order valence-corrected chi connectivity index (χ0v) is 19.8. The number of aromatic nitrogens is 2. The molecule has 170 valence electrons. The first-order valence-electron chi connectivity index (χ1n) is 12.7. The number of hydrogen-bond donors (Lipinski definition) is 0. The van der Waals surface area contributed by atoms with Crippen molar-refractivity contribution in [2.24, 2.45) is 11.8 Å². The fourth-order valence-electron chi connectivity index (χ4n) is 4.94. The topological polar surface area (TPSA) is 35.0 Å². The molecule has 1 aliphatic carbocycles. The van der Waals surface area contributed by atoms with Crippen molar-refractivity contribution in [1.82, 2.24) is 9.97 Å². The van der Waals surface area contributed by atoms with E-state index in [1.54, 1.807) is 7.11 Å². The summed E-state index contributed by atoms with van der Waals surface area (Å²) in [5.41, 5.74) is 2.30. The Morgan fingerprint density at radius 3 is 1.97 bits per heavy atom. The van der Waals surface area contributed by atoms with E-state index in [1.165, 1.54) is 89.0 Å². The summed E-state index contributed by atoms with van der Waals surface area (Å²) in [4.78, 5) is 9.19. The molecule has 0 radical (unpaired) electrons. The lowest BCUT2D eigenvalue weighted by molar-refractivity contribution is 0.248. The Balaban J connectivity index is 1.30. The number of methoxy groups -OCH3 is 1. The number of aryl methyl sites for hydroxylation is 1. The highest BCUT2D eigenvalue weighted by molar-refractivity contribution is 5.55. The second-order valence-electron chi connectivity index (χ2n) is 9.48. The van der Waals surface area contributed by atoms with Gasteiger partial charge in [-0.3, -0.25) is 0 Å². The molecule has 1 aliphatic rings. The fraction of sp³-hybridized carbons (Fsp3) is 0.643. The number of rotatable bonds is 13. The van der Waals surface area contributed by atoms with Crippen molar-refractivity contribution in [3.05, 3.63) is 42.2 Å². The van der Waals surface area contributed by atoms with E-state index < -0.39 is 0 Å². The summed E-state index contributed by atoms with van der Waals surface area (Å²) < 4.78 is 5.22. The smallest absolute Gasteiger partial charge is 0.159 e. The van der Waals surface area contributed by atoms with Crippen molar-refractivity contribution >= 4 is 0 Å². The molecule has 0 spiro atoms. The van der Waals surface area contributed by atoms with Gasteiger partial charge in [-0.2, -0.15) is 0 Å². The van der Waals surface area contributed by atoms with Crippen LogP contribution in [-0.2, 0) is 6.42 Å². The fourth-order valence-corrected chi connectivity index (χ4v) is 4.94. The lowest BCUT2D eigenvalue weighted by Crippen LogP contribution is -2.15. The average molecular weight is 423 g/mol. The van der Waals surface area contributed by atoms with Gasteiger partial charge < -0.3 is 4.74 Å². The van der Waals surface area contributed by atoms with Crippen molar-refractivity contribution in [3.63, 3.8) is 0 Å². The van der Waals surface area contributed by atoms with Crippen LogP contribution in [0.4, 0.5) is 0 Å². The van der Waals surface area contributed by atoms with E-state index in [0.717, 1.165) is 35.4 Å². The Kier molecular flexibility index (Phi) is 10.3. The molecule has 1 saturated carbocycles. The molecule has 1 aromatic heterocycles. The Morgan fingerprint density at radius 2 is 1.35 bits per heavy atom. The third-order valence-corrected chi connectivity index (χ3v) is 7.08. The molecule has 31 heavy (non-hydrogen) atoms. The minimum absolute atomic E-state index is 0.789. The van der Waals surface area contributed by atoms with Gasteiger partial charge in [-0.05, 0) is 54.5 Å². The van der Waals surface area contributed by atoms with Gasteiger partial charge >= 0.3 is 0 Å². The zero-order valence-electron chi connectivity index (χ0n) is 19.8. The molecular weight excluding hydrogens is 380 g/mol. The predicted octanol–water partition coefficient (Wildman–Crippen LogP) is 8.03. The van der Waals surface area contributed by atoms with Crippen molar-refractivity contribution in [1.29, 1.82) is 0 Å². The Labute approximate surface area is 190 Å². The normalized spacial score (nSPS) is 18.8. The predicted molar refractivity (Wildman–Crippen MR) is 130 cm³/mol. The van der Waals surface area contributed by atoms with Gasteiger partial charge in [-0.25, -0.2) is 9.97 Å². The maximum atomic E-state index is 5.22. The number of nitrogens with zero attached hydrogens (tertiary/aromatic N) is 2. The van der Waals surface area contributed by atoms with Crippen molar-refractivity contribution in [2.45, 2.75) is 96.8 Å². The van der Waals surface area contributed by atoms with E-state index in [1.807, 2.05) is 36.7 Å². The van der Waals surface area contributed by atoms with Crippen LogP contribution in [0.1, 0.15) is 96.0 Å². The standard InChI is InChI=1S/C28H42N2O/c1-3-4-5-6-7-8-9-10-23-11-13-24(14-12-23)15-16-25-21-29-28(30-22-25)26-17-19-27(31-2)20-18-26/h17-24H,3-16H2,1-2H3/t23-,24-. The van der Waals surface area contributed by atoms with E-state index in [2.05, 4.69) is 16.9 Å². The molecule has 1 heterocycles. The van der Waals surface area contributed by atoms with Gasteiger partial charge in [-0.15, -0.1) is 0 Å². The molecule has 1 fully saturated rings. The zero-order chi connectivity index (χ0) is 21.7. The Bertz CT molecular complexity index is 718. The van der Waals surface area contributed by atoms with Crippen LogP contribution in [0.25, 0.3) is 11.4 Å². The molecule has 3 heteroatoms. The molecule has 3 nitrogen and oxygen atoms in total. The van der Waals surface area contributed by atoms with E-state index >= 15 is 0 Å². The van der Waals surface area contributed by atoms with E-state index in [4.69, 9.17) is 4.74 Å². The van der Waals surface area contributed by atoms with Gasteiger partial charge in [0.25, 0.3) is 0 Å². The highest BCUT2D eigenvalue weighted by Gasteiger charge is 2.20. The number of ether oxygens (including phenoxy) is 1. The van der Waals surface area contributed by atoms with E-state index in [9.17, 15) is 0 Å². The molecule has 0 bridgehead atoms. The second kappa shape index (κ2) is 13.5. The first-order valence-corrected chi connectivity index (χ1v) is 12.7. The first kappa shape index (κ1) is 23.8. The van der Waals surface area contributed by atoms with Crippen LogP contribution in [0.2, 0.25) is 0 Å². The highest BCUT2D eigenvalue weighted by Crippen LogP contribution is 2.34. The van der Waals surface area contributed by atoms with Crippen LogP contribution < -0.4 is 4.74 Å². The molecule has 0 N–H and O–H groups in total. The monoisotopic (exact) mass is 422 g/mol. The van der Waals surface area contributed by atoms with Gasteiger partial charge in [0.15, 0.2) is 5.82 Å². The summed E-state index contributed by atoms with van der Waals surface area (Å²) in [6.07, 6.45) is 23.7. The molecule has 0 saturated heterocycles. The maximum Gasteiger partial charge on any atom is 0.159 e. The van der Waals surface area contributed by atoms with Gasteiger partial charge in [0, 0.05) is 18.0 Å². The van der Waals surface area contributed by atoms with E-state index in [-0.39, 0.29) is 0 Å². The van der Waals surface area contributed by atoms with Crippen LogP contribution in [0, 0.1) is 11.8 Å². The van der Waals surface area contributed by atoms with Crippen molar-refractivity contribution in [3.8, 4) is 17.1 Å². The summed E-state index contributed by atoms with van der Waals surface area (Å²) in [5, 5.41) is 0. The average Bonchev–Trinajstić information content (AvgIpc) is 2.83. The summed E-state index contributed by atoms with van der Waals surface area (Å²) in [7, 11) is 1.68. The highest BCUT2D eigenvalue weighted by atomic mass is 16.5. The Hall–Kier alpha value is -1.90. The maximum absolute atomic E-state index is 5.22. The number of hydrogen-bond acceptors (Lipinski definition) is 3. The molecule has 0 amide bonds. The van der Waals surface area contributed by atoms with Crippen LogP contribution in [0.5, 0.6) is 5.75 Å². The molecule has 1 aromatic carbocycles. The number of unbranched alkanes of at least 4 members (excludes halogenated alkanes) is 6. The molecule has 0 atom stereocenters. The van der Waals surface area contributed by atoms with Crippen LogP contribution in [0.15, 0.2) is 36.7 Å². The molecule has 3 rings (SSSR count). The molecule has 2 aromatic rings. The van der Waals surface area contributed by atoms with Crippen molar-refractivity contribution in [2.75, 3.05) is 7.11 Å². The summed E-state index contributed by atoms with van der Waals surface area (Å²) in [5.74, 6) is 3.54. The van der Waals surface area contributed by atoms with Gasteiger partial charge in [0.2, 0.25) is 0 Å². The largest absolute Gasteiger partial charge is 0.497 e. The lowest BCUT2D eigenvalue weighted by Gasteiger charge is -2.28. The summed E-state index contributed by atoms with van der Waals surface area (Å²) >= 11 is 0. The third-order valence-electron chi connectivity index (χ3n) is 7.08. The lowest BCUT2D eigenvalue weighted by atomic mass is 9.78. The van der Waals surface area contributed by atoms with E-state index in [0.29, 0.717) is 0 Å². The quantitative estimate of drug-likeness (QED) is 0.306. The molecule has 0 aliphatic heterocycles. The number of benzene rings is 1. The minimum Gasteiger partial charge on any atom is -0.497 e. The SMILES string of the molecule is CCCCCCCCC[C@H]1CC[C@H](CCc2cnc(-c3ccc(OC)cc3)nc2)CC1.